The fourth-order valence-electron chi connectivity index (χ4n) is 1.26. The fraction of sp³-hybridized carbons (Fsp3) is 0.800. The van der Waals surface area contributed by atoms with Crippen molar-refractivity contribution < 1.29 is 14.7 Å². The second kappa shape index (κ2) is 7.99. The first-order chi connectivity index (χ1) is 7.93. The van der Waals surface area contributed by atoms with Crippen molar-refractivity contribution in [2.75, 3.05) is 13.1 Å². The summed E-state index contributed by atoms with van der Waals surface area (Å²) in [5.41, 5.74) is 10.8. The summed E-state index contributed by atoms with van der Waals surface area (Å²) >= 11 is 0. The zero-order valence-corrected chi connectivity index (χ0v) is 10.3. The van der Waals surface area contributed by atoms with Gasteiger partial charge in [-0.05, 0) is 26.8 Å². The minimum Gasteiger partial charge on any atom is -0.391 e. The van der Waals surface area contributed by atoms with Crippen molar-refractivity contribution >= 4 is 11.8 Å². The van der Waals surface area contributed by atoms with Crippen LogP contribution in [0.3, 0.4) is 0 Å². The van der Waals surface area contributed by atoms with E-state index in [0.29, 0.717) is 13.0 Å². The molecule has 0 radical (unpaired) electrons. The number of nitrogens with two attached hydrogens (primary N) is 2. The summed E-state index contributed by atoms with van der Waals surface area (Å²) < 4.78 is 0. The monoisotopic (exact) mass is 246 g/mol. The highest BCUT2D eigenvalue weighted by atomic mass is 16.3. The summed E-state index contributed by atoms with van der Waals surface area (Å²) in [6.07, 6.45) is -0.663. The van der Waals surface area contributed by atoms with Crippen molar-refractivity contribution in [1.82, 2.24) is 10.6 Å². The molecule has 0 aliphatic heterocycles. The van der Waals surface area contributed by atoms with Crippen molar-refractivity contribution in [3.05, 3.63) is 0 Å². The van der Waals surface area contributed by atoms with E-state index in [-0.39, 0.29) is 6.54 Å². The number of aliphatic hydroxyl groups is 1. The maximum absolute atomic E-state index is 11.6. The van der Waals surface area contributed by atoms with E-state index in [4.69, 9.17) is 11.5 Å². The van der Waals surface area contributed by atoms with E-state index in [1.165, 1.54) is 6.92 Å². The number of nitrogens with one attached hydrogen (secondary N) is 2. The number of carbonyl (C=O) groups is 2. The molecule has 0 aromatic rings. The molecule has 0 saturated heterocycles. The SMILES string of the molecule is CCNC(=O)C(NC(=O)C(N)CCN)C(C)O. The Labute approximate surface area is 101 Å². The lowest BCUT2D eigenvalue weighted by Gasteiger charge is -2.22. The second-order valence-corrected chi connectivity index (χ2v) is 3.81. The molecule has 0 heterocycles. The van der Waals surface area contributed by atoms with Gasteiger partial charge in [-0.25, -0.2) is 0 Å². The third-order valence-corrected chi connectivity index (χ3v) is 2.23. The molecule has 3 atom stereocenters. The Balaban J connectivity index is 4.44. The van der Waals surface area contributed by atoms with Crippen molar-refractivity contribution in [1.29, 1.82) is 0 Å². The zero-order valence-electron chi connectivity index (χ0n) is 10.3. The van der Waals surface area contributed by atoms with Crippen LogP contribution in [0, 0.1) is 0 Å². The van der Waals surface area contributed by atoms with Gasteiger partial charge >= 0.3 is 0 Å². The first-order valence-electron chi connectivity index (χ1n) is 5.65. The largest absolute Gasteiger partial charge is 0.391 e. The molecule has 0 aromatic carbocycles. The van der Waals surface area contributed by atoms with E-state index in [1.807, 2.05) is 0 Å². The summed E-state index contributed by atoms with van der Waals surface area (Å²) in [5, 5.41) is 14.4. The quantitative estimate of drug-likeness (QED) is 0.344. The molecule has 2 amide bonds. The second-order valence-electron chi connectivity index (χ2n) is 3.81. The van der Waals surface area contributed by atoms with Gasteiger partial charge in [0.05, 0.1) is 12.1 Å². The Kier molecular flexibility index (Phi) is 7.44. The number of hydrogen-bond acceptors (Lipinski definition) is 5. The number of aliphatic hydroxyl groups excluding tert-OH is 1. The predicted octanol–water partition coefficient (Wildman–Crippen LogP) is -2.34. The third-order valence-electron chi connectivity index (χ3n) is 2.23. The Morgan fingerprint density at radius 3 is 2.35 bits per heavy atom. The van der Waals surface area contributed by atoms with Gasteiger partial charge in [-0.3, -0.25) is 9.59 Å². The van der Waals surface area contributed by atoms with Crippen molar-refractivity contribution in [3.8, 4) is 0 Å². The van der Waals surface area contributed by atoms with Crippen molar-refractivity contribution in [2.45, 2.75) is 38.5 Å². The summed E-state index contributed by atoms with van der Waals surface area (Å²) in [4.78, 5) is 23.1. The predicted molar refractivity (Wildman–Crippen MR) is 63.9 cm³/mol. The number of amides is 2. The molecule has 0 aromatic heterocycles. The van der Waals surface area contributed by atoms with Crippen LogP contribution in [-0.2, 0) is 9.59 Å². The molecule has 0 aliphatic rings. The molecule has 7 N–H and O–H groups in total. The normalized spacial score (nSPS) is 15.8. The number of likely N-dealkylation sites (N-methyl/N-ethyl adjacent to an activating group) is 1. The molecule has 7 heteroatoms. The zero-order chi connectivity index (χ0) is 13.4. The Hall–Kier alpha value is -1.18. The first kappa shape index (κ1) is 15.8. The van der Waals surface area contributed by atoms with Gasteiger partial charge < -0.3 is 27.2 Å². The lowest BCUT2D eigenvalue weighted by molar-refractivity contribution is -0.132. The minimum absolute atomic E-state index is 0.287. The van der Waals surface area contributed by atoms with Crippen LogP contribution in [0.2, 0.25) is 0 Å². The molecular weight excluding hydrogens is 224 g/mol. The molecule has 7 nitrogen and oxygen atoms in total. The van der Waals surface area contributed by atoms with E-state index in [9.17, 15) is 14.7 Å². The van der Waals surface area contributed by atoms with Crippen LogP contribution in [0.25, 0.3) is 0 Å². The highest BCUT2D eigenvalue weighted by molar-refractivity contribution is 5.90. The number of carbonyl (C=O) groups excluding carboxylic acids is 2. The van der Waals surface area contributed by atoms with E-state index in [1.54, 1.807) is 6.92 Å². The standard InChI is InChI=1S/C10H22N4O3/c1-3-13-10(17)8(6(2)15)14-9(16)7(12)4-5-11/h6-8,15H,3-5,11-12H2,1-2H3,(H,13,17)(H,14,16). The van der Waals surface area contributed by atoms with Crippen LogP contribution in [-0.4, -0.2) is 48.2 Å². The van der Waals surface area contributed by atoms with E-state index < -0.39 is 30.0 Å². The summed E-state index contributed by atoms with van der Waals surface area (Å²) in [7, 11) is 0. The third kappa shape index (κ3) is 5.62. The van der Waals surface area contributed by atoms with Gasteiger partial charge in [0.25, 0.3) is 0 Å². The van der Waals surface area contributed by atoms with E-state index >= 15 is 0 Å². The van der Waals surface area contributed by atoms with Gasteiger partial charge in [-0.15, -0.1) is 0 Å². The lowest BCUT2D eigenvalue weighted by Crippen LogP contribution is -2.56. The van der Waals surface area contributed by atoms with Gasteiger partial charge in [0.2, 0.25) is 11.8 Å². The molecule has 3 unspecified atom stereocenters. The summed E-state index contributed by atoms with van der Waals surface area (Å²) in [5.74, 6) is -0.927. The van der Waals surface area contributed by atoms with Crippen LogP contribution >= 0.6 is 0 Å². The molecular formula is C10H22N4O3. The van der Waals surface area contributed by atoms with Gasteiger partial charge in [0.1, 0.15) is 6.04 Å². The molecule has 0 saturated carbocycles. The van der Waals surface area contributed by atoms with Gasteiger partial charge in [0, 0.05) is 6.54 Å². The maximum atomic E-state index is 11.6. The fourth-order valence-corrected chi connectivity index (χ4v) is 1.26. The first-order valence-corrected chi connectivity index (χ1v) is 5.65. The summed E-state index contributed by atoms with van der Waals surface area (Å²) in [6.45, 7) is 3.88. The van der Waals surface area contributed by atoms with Gasteiger partial charge in [0.15, 0.2) is 0 Å². The van der Waals surface area contributed by atoms with Crippen LogP contribution in [0.1, 0.15) is 20.3 Å². The topological polar surface area (TPSA) is 130 Å². The highest BCUT2D eigenvalue weighted by Crippen LogP contribution is 1.95. The molecule has 17 heavy (non-hydrogen) atoms. The minimum atomic E-state index is -0.994. The summed E-state index contributed by atoms with van der Waals surface area (Å²) in [6, 6.07) is -1.76. The van der Waals surface area contributed by atoms with Crippen molar-refractivity contribution in [2.24, 2.45) is 11.5 Å². The molecule has 0 bridgehead atoms. The van der Waals surface area contributed by atoms with Crippen LogP contribution in [0.5, 0.6) is 0 Å². The van der Waals surface area contributed by atoms with Crippen LogP contribution in [0.4, 0.5) is 0 Å². The molecule has 0 fully saturated rings. The molecule has 0 aliphatic carbocycles. The smallest absolute Gasteiger partial charge is 0.245 e. The average Bonchev–Trinajstić information content (AvgIpc) is 2.25. The van der Waals surface area contributed by atoms with Crippen molar-refractivity contribution in [3.63, 3.8) is 0 Å². The molecule has 100 valence electrons. The average molecular weight is 246 g/mol. The number of hydrogen-bond donors (Lipinski definition) is 5. The van der Waals surface area contributed by atoms with E-state index in [2.05, 4.69) is 10.6 Å². The van der Waals surface area contributed by atoms with Gasteiger partial charge in [-0.1, -0.05) is 0 Å². The Morgan fingerprint density at radius 1 is 1.35 bits per heavy atom. The Morgan fingerprint density at radius 2 is 1.94 bits per heavy atom. The number of rotatable bonds is 7. The maximum Gasteiger partial charge on any atom is 0.245 e. The molecule has 0 spiro atoms. The lowest BCUT2D eigenvalue weighted by atomic mass is 10.1. The van der Waals surface area contributed by atoms with Gasteiger partial charge in [-0.2, -0.15) is 0 Å². The van der Waals surface area contributed by atoms with Crippen LogP contribution < -0.4 is 22.1 Å². The van der Waals surface area contributed by atoms with E-state index in [0.717, 1.165) is 0 Å². The van der Waals surface area contributed by atoms with Crippen LogP contribution in [0.15, 0.2) is 0 Å². The highest BCUT2D eigenvalue weighted by Gasteiger charge is 2.26. The Bertz CT molecular complexity index is 258. The molecule has 0 rings (SSSR count).